The molecule has 4 rings (SSSR count). The van der Waals surface area contributed by atoms with Gasteiger partial charge >= 0.3 is 0 Å². The van der Waals surface area contributed by atoms with Gasteiger partial charge in [-0.3, -0.25) is 10.1 Å². The fourth-order valence-corrected chi connectivity index (χ4v) is 4.37. The number of benzene rings is 1. The Morgan fingerprint density at radius 3 is 2.72 bits per heavy atom. The number of hydrogen-bond acceptors (Lipinski definition) is 7. The summed E-state index contributed by atoms with van der Waals surface area (Å²) in [6.45, 7) is 4.98. The molecule has 8 nitrogen and oxygen atoms in total. The number of hydrogen-bond donors (Lipinski definition) is 3. The Balaban J connectivity index is 1.67. The van der Waals surface area contributed by atoms with Crippen LogP contribution in [0.3, 0.4) is 0 Å². The van der Waals surface area contributed by atoms with Gasteiger partial charge in [-0.2, -0.15) is 0 Å². The second-order valence-electron chi connectivity index (χ2n) is 9.51. The Kier molecular flexibility index (Phi) is 7.93. The number of nitrogens with one attached hydrogen (secondary N) is 1. The summed E-state index contributed by atoms with van der Waals surface area (Å²) in [6.07, 6.45) is 1.46. The summed E-state index contributed by atoms with van der Waals surface area (Å²) in [7, 11) is 0. The van der Waals surface area contributed by atoms with Gasteiger partial charge in [0.2, 0.25) is 5.88 Å². The van der Waals surface area contributed by atoms with Crippen LogP contribution in [0, 0.1) is 17.8 Å². The van der Waals surface area contributed by atoms with E-state index in [1.165, 1.54) is 6.20 Å². The third-order valence-corrected chi connectivity index (χ3v) is 6.27. The highest BCUT2D eigenvalue weighted by Gasteiger charge is 2.48. The van der Waals surface area contributed by atoms with Crippen LogP contribution in [0.5, 0.6) is 11.6 Å². The Morgan fingerprint density at radius 1 is 1.33 bits per heavy atom. The van der Waals surface area contributed by atoms with Gasteiger partial charge in [0.25, 0.3) is 11.8 Å². The lowest BCUT2D eigenvalue weighted by atomic mass is 9.96. The van der Waals surface area contributed by atoms with Crippen molar-refractivity contribution in [2.24, 2.45) is 11.7 Å². The van der Waals surface area contributed by atoms with Crippen molar-refractivity contribution in [3.05, 3.63) is 29.5 Å². The van der Waals surface area contributed by atoms with Gasteiger partial charge in [0.1, 0.15) is 12.4 Å². The molecule has 0 saturated carbocycles. The Morgan fingerprint density at radius 2 is 2.08 bits per heavy atom. The van der Waals surface area contributed by atoms with Crippen LogP contribution in [0.1, 0.15) is 55.5 Å². The number of rotatable bonds is 7. The number of amides is 1. The van der Waals surface area contributed by atoms with Crippen LogP contribution in [0.25, 0.3) is 10.8 Å². The summed E-state index contributed by atoms with van der Waals surface area (Å²) < 4.78 is 44.4. The minimum absolute atomic E-state index is 0.137. The first-order chi connectivity index (χ1) is 17.1. The number of alkyl halides is 2. The topological polar surface area (TPSA) is 116 Å². The van der Waals surface area contributed by atoms with E-state index in [9.17, 15) is 18.7 Å². The van der Waals surface area contributed by atoms with Crippen molar-refractivity contribution in [3.63, 3.8) is 0 Å². The number of aliphatic hydroxyl groups is 1. The van der Waals surface area contributed by atoms with Gasteiger partial charge in [-0.05, 0) is 44.7 Å². The number of nitrogens with zero attached hydrogens (tertiary/aromatic N) is 1. The fourth-order valence-electron chi connectivity index (χ4n) is 4.37. The molecule has 0 bridgehead atoms. The molecule has 2 atom stereocenters. The highest BCUT2D eigenvalue weighted by molar-refractivity contribution is 6.03. The molecule has 1 aromatic heterocycles. The van der Waals surface area contributed by atoms with E-state index in [2.05, 4.69) is 22.1 Å². The highest BCUT2D eigenvalue weighted by atomic mass is 19.3. The summed E-state index contributed by atoms with van der Waals surface area (Å²) in [5.41, 5.74) is 6.41. The third kappa shape index (κ3) is 6.03. The van der Waals surface area contributed by atoms with Gasteiger partial charge in [0, 0.05) is 49.1 Å². The molecule has 0 radical (unpaired) electrons. The van der Waals surface area contributed by atoms with E-state index in [1.54, 1.807) is 12.1 Å². The van der Waals surface area contributed by atoms with Crippen LogP contribution >= 0.6 is 0 Å². The monoisotopic (exact) mass is 503 g/mol. The Bertz CT molecular complexity index is 1170. The van der Waals surface area contributed by atoms with E-state index in [-0.39, 0.29) is 29.9 Å². The molecule has 3 heterocycles. The number of pyridine rings is 1. The number of aromatic nitrogens is 1. The van der Waals surface area contributed by atoms with Gasteiger partial charge in [0.05, 0.1) is 17.2 Å². The molecule has 2 saturated heterocycles. The quantitative estimate of drug-likeness (QED) is 0.498. The van der Waals surface area contributed by atoms with Crippen molar-refractivity contribution in [3.8, 4) is 23.5 Å². The van der Waals surface area contributed by atoms with Gasteiger partial charge < -0.3 is 25.1 Å². The number of primary amides is 1. The second kappa shape index (κ2) is 10.9. The molecule has 1 aromatic carbocycles. The molecule has 1 amide bonds. The number of halogens is 2. The van der Waals surface area contributed by atoms with Crippen LogP contribution in [0.15, 0.2) is 18.3 Å². The summed E-state index contributed by atoms with van der Waals surface area (Å²) >= 11 is 0. The Labute approximate surface area is 208 Å². The largest absolute Gasteiger partial charge is 0.490 e. The number of aliphatic hydroxyl groups excluding tert-OH is 1. The molecule has 10 heteroatoms. The summed E-state index contributed by atoms with van der Waals surface area (Å²) in [5.74, 6) is 3.39. The number of carbonyl (C=O) groups is 1. The van der Waals surface area contributed by atoms with Crippen molar-refractivity contribution in [2.75, 3.05) is 19.8 Å². The van der Waals surface area contributed by atoms with E-state index in [4.69, 9.17) is 19.9 Å². The SMILES string of the molecule is CC(C)Oc1cc2c(OC[C@@H]3CC(F)(F)C(O)N3)ncc(C#CCC3CCOCC3)c2cc1C(N)=O. The zero-order valence-electron chi connectivity index (χ0n) is 20.4. The van der Waals surface area contributed by atoms with Crippen LogP contribution in [-0.2, 0) is 4.74 Å². The van der Waals surface area contributed by atoms with E-state index < -0.39 is 30.5 Å². The van der Waals surface area contributed by atoms with Crippen LogP contribution in [0.4, 0.5) is 8.78 Å². The van der Waals surface area contributed by atoms with Gasteiger partial charge in [-0.1, -0.05) is 11.8 Å². The first-order valence-corrected chi connectivity index (χ1v) is 12.1. The summed E-state index contributed by atoms with van der Waals surface area (Å²) in [5, 5.41) is 13.0. The molecule has 4 N–H and O–H groups in total. The standard InChI is InChI=1S/C26H31F2N3O5/c1-15(2)36-22-11-20-19(10-21(22)23(29)32)17(5-3-4-16-6-8-34-9-7-16)13-30-24(20)35-14-18-12-26(27,28)25(33)31-18/h10-11,13,15-16,18,25,31,33H,4,6-9,12,14H2,1-2H3,(H2,29,32)/t18-,25?/m0/s1. The third-order valence-electron chi connectivity index (χ3n) is 6.27. The predicted molar refractivity (Wildman–Crippen MR) is 129 cm³/mol. The van der Waals surface area contributed by atoms with E-state index in [1.807, 2.05) is 13.8 Å². The number of nitrogens with two attached hydrogens (primary N) is 1. The van der Waals surface area contributed by atoms with E-state index in [0.29, 0.717) is 28.7 Å². The highest BCUT2D eigenvalue weighted by Crippen LogP contribution is 2.35. The maximum Gasteiger partial charge on any atom is 0.288 e. The summed E-state index contributed by atoms with van der Waals surface area (Å²) in [4.78, 5) is 16.6. The maximum atomic E-state index is 13.7. The van der Waals surface area contributed by atoms with Gasteiger partial charge in [0.15, 0.2) is 6.23 Å². The molecular formula is C26H31F2N3O5. The normalized spacial score (nSPS) is 21.8. The summed E-state index contributed by atoms with van der Waals surface area (Å²) in [6, 6.07) is 2.46. The molecule has 1 unspecified atom stereocenters. The minimum atomic E-state index is -3.23. The second-order valence-corrected chi connectivity index (χ2v) is 9.51. The molecule has 2 fully saturated rings. The molecule has 2 aliphatic rings. The zero-order valence-corrected chi connectivity index (χ0v) is 20.4. The van der Waals surface area contributed by atoms with Crippen LogP contribution in [0.2, 0.25) is 0 Å². The van der Waals surface area contributed by atoms with Gasteiger partial charge in [-0.15, -0.1) is 0 Å². The number of ether oxygens (including phenoxy) is 3. The molecule has 2 aliphatic heterocycles. The van der Waals surface area contributed by atoms with E-state index in [0.717, 1.165) is 26.1 Å². The smallest absolute Gasteiger partial charge is 0.288 e. The maximum absolute atomic E-state index is 13.7. The van der Waals surface area contributed by atoms with Crippen LogP contribution < -0.4 is 20.5 Å². The lowest BCUT2D eigenvalue weighted by Gasteiger charge is -2.19. The molecule has 2 aromatic rings. The predicted octanol–water partition coefficient (Wildman–Crippen LogP) is 2.98. The average Bonchev–Trinajstić information content (AvgIpc) is 3.09. The lowest BCUT2D eigenvalue weighted by Crippen LogP contribution is -2.37. The number of fused-ring (bicyclic) bond motifs is 1. The lowest BCUT2D eigenvalue weighted by molar-refractivity contribution is -0.0925. The molecule has 0 spiro atoms. The van der Waals surface area contributed by atoms with Crippen molar-refractivity contribution in [1.82, 2.24) is 10.3 Å². The molecule has 36 heavy (non-hydrogen) atoms. The number of carbonyl (C=O) groups excluding carboxylic acids is 1. The minimum Gasteiger partial charge on any atom is -0.490 e. The molecular weight excluding hydrogens is 472 g/mol. The first-order valence-electron chi connectivity index (χ1n) is 12.1. The average molecular weight is 504 g/mol. The molecule has 0 aliphatic carbocycles. The zero-order chi connectivity index (χ0) is 25.9. The van der Waals surface area contributed by atoms with Crippen molar-refractivity contribution >= 4 is 16.7 Å². The van der Waals surface area contributed by atoms with Crippen molar-refractivity contribution < 1.29 is 32.9 Å². The van der Waals surface area contributed by atoms with Crippen molar-refractivity contribution in [2.45, 2.75) is 63.8 Å². The van der Waals surface area contributed by atoms with Gasteiger partial charge in [-0.25, -0.2) is 13.8 Å². The van der Waals surface area contributed by atoms with E-state index >= 15 is 0 Å². The van der Waals surface area contributed by atoms with Crippen molar-refractivity contribution in [1.29, 1.82) is 0 Å². The Hall–Kier alpha value is -3.00. The molecule has 194 valence electrons. The first kappa shape index (κ1) is 26.1. The van der Waals surface area contributed by atoms with Crippen LogP contribution in [-0.4, -0.2) is 60.1 Å². The fraction of sp³-hybridized carbons (Fsp3) is 0.538.